The zero-order valence-corrected chi connectivity index (χ0v) is 20.3. The van der Waals surface area contributed by atoms with Crippen molar-refractivity contribution in [2.75, 3.05) is 0 Å². The number of hydrogen-bond donors (Lipinski definition) is 2. The molecule has 0 aromatic heterocycles. The normalized spacial score (nSPS) is 49.9. The molecule has 0 spiro atoms. The fourth-order valence-corrected chi connectivity index (χ4v) is 9.00. The van der Waals surface area contributed by atoms with Crippen LogP contribution in [0.15, 0.2) is 0 Å². The highest BCUT2D eigenvalue weighted by atomic mass is 16.3. The summed E-state index contributed by atoms with van der Waals surface area (Å²) in [5, 5.41) is 20.9. The standard InChI is InChI=1S/C27H46O3/c1-17(11-12-24(2,3)29)20-9-10-21-19-8-7-18-15-25(4,30)13-14-26(18,5)23(19)22(28)16-27(20,21)6/h17-21,23,29-30H,7-16H2,1-6H3/t17-,18+,19+,20-,21+,23-,25+,26+,27-/m1/s1. The zero-order valence-electron chi connectivity index (χ0n) is 20.3. The highest BCUT2D eigenvalue weighted by molar-refractivity contribution is 5.84. The molecule has 0 aromatic rings. The molecule has 0 unspecified atom stereocenters. The monoisotopic (exact) mass is 418 g/mol. The first kappa shape index (κ1) is 22.8. The van der Waals surface area contributed by atoms with Crippen LogP contribution in [-0.2, 0) is 4.79 Å². The first-order chi connectivity index (χ1) is 13.8. The Morgan fingerprint density at radius 2 is 1.77 bits per heavy atom. The summed E-state index contributed by atoms with van der Waals surface area (Å²) in [6.07, 6.45) is 10.3. The lowest BCUT2D eigenvalue weighted by Gasteiger charge is -2.61. The van der Waals surface area contributed by atoms with Crippen LogP contribution in [0.2, 0.25) is 0 Å². The lowest BCUT2D eigenvalue weighted by molar-refractivity contribution is -0.168. The molecule has 0 aromatic carbocycles. The molecule has 0 heterocycles. The van der Waals surface area contributed by atoms with Crippen LogP contribution in [0.4, 0.5) is 0 Å². The van der Waals surface area contributed by atoms with Crippen LogP contribution in [0.1, 0.15) is 106 Å². The van der Waals surface area contributed by atoms with E-state index in [0.717, 1.165) is 38.5 Å². The van der Waals surface area contributed by atoms with Gasteiger partial charge in [0.25, 0.3) is 0 Å². The first-order valence-corrected chi connectivity index (χ1v) is 12.7. The number of hydrogen-bond acceptors (Lipinski definition) is 3. The Balaban J connectivity index is 1.55. The van der Waals surface area contributed by atoms with Crippen molar-refractivity contribution in [3.05, 3.63) is 0 Å². The molecule has 2 N–H and O–H groups in total. The number of aliphatic hydroxyl groups is 2. The third kappa shape index (κ3) is 3.70. The number of carbonyl (C=O) groups is 1. The molecule has 0 saturated heterocycles. The van der Waals surface area contributed by atoms with Crippen molar-refractivity contribution in [3.63, 3.8) is 0 Å². The summed E-state index contributed by atoms with van der Waals surface area (Å²) in [5.41, 5.74) is -0.914. The maximum Gasteiger partial charge on any atom is 0.137 e. The Kier molecular flexibility index (Phi) is 5.54. The third-order valence-electron chi connectivity index (χ3n) is 10.6. The number of ketones is 1. The minimum Gasteiger partial charge on any atom is -0.390 e. The molecule has 3 heteroatoms. The fraction of sp³-hybridized carbons (Fsp3) is 0.963. The van der Waals surface area contributed by atoms with Gasteiger partial charge < -0.3 is 10.2 Å². The van der Waals surface area contributed by atoms with Gasteiger partial charge in [0.2, 0.25) is 0 Å². The fourth-order valence-electron chi connectivity index (χ4n) is 9.00. The smallest absolute Gasteiger partial charge is 0.137 e. The van der Waals surface area contributed by atoms with E-state index in [2.05, 4.69) is 20.8 Å². The molecular weight excluding hydrogens is 372 g/mol. The van der Waals surface area contributed by atoms with Gasteiger partial charge in [0.15, 0.2) is 0 Å². The van der Waals surface area contributed by atoms with E-state index in [1.165, 1.54) is 25.7 Å². The molecular formula is C27H46O3. The number of rotatable bonds is 4. The van der Waals surface area contributed by atoms with Crippen LogP contribution in [0.5, 0.6) is 0 Å². The Hall–Kier alpha value is -0.410. The second-order valence-electron chi connectivity index (χ2n) is 13.4. The second kappa shape index (κ2) is 7.30. The van der Waals surface area contributed by atoms with E-state index in [0.29, 0.717) is 35.4 Å². The maximum absolute atomic E-state index is 13.8. The summed E-state index contributed by atoms with van der Waals surface area (Å²) in [4.78, 5) is 13.8. The molecule has 172 valence electrons. The van der Waals surface area contributed by atoms with Gasteiger partial charge in [-0.1, -0.05) is 20.8 Å². The minimum atomic E-state index is -0.601. The van der Waals surface area contributed by atoms with Gasteiger partial charge in [0, 0.05) is 12.3 Å². The Bertz CT molecular complexity index is 676. The van der Waals surface area contributed by atoms with Gasteiger partial charge in [-0.2, -0.15) is 0 Å². The number of fused-ring (bicyclic) bond motifs is 5. The molecule has 0 aliphatic heterocycles. The molecule has 3 nitrogen and oxygen atoms in total. The average molecular weight is 419 g/mol. The van der Waals surface area contributed by atoms with Crippen LogP contribution in [-0.4, -0.2) is 27.2 Å². The van der Waals surface area contributed by atoms with Crippen LogP contribution in [0.25, 0.3) is 0 Å². The minimum absolute atomic E-state index is 0.0915. The molecule has 4 aliphatic rings. The largest absolute Gasteiger partial charge is 0.390 e. The second-order valence-corrected chi connectivity index (χ2v) is 13.4. The SMILES string of the molecule is C[C@H](CCC(C)(C)O)[C@H]1CC[C@H]2[C@@H]3CC[C@H]4C[C@@](C)(O)CC[C@]4(C)[C@H]3C(=O)C[C@]12C. The Morgan fingerprint density at radius 1 is 1.07 bits per heavy atom. The Morgan fingerprint density at radius 3 is 2.43 bits per heavy atom. The molecule has 4 rings (SSSR count). The predicted molar refractivity (Wildman–Crippen MR) is 121 cm³/mol. The van der Waals surface area contributed by atoms with E-state index in [4.69, 9.17) is 0 Å². The summed E-state index contributed by atoms with van der Waals surface area (Å²) in [6, 6.07) is 0. The van der Waals surface area contributed by atoms with Crippen molar-refractivity contribution < 1.29 is 15.0 Å². The van der Waals surface area contributed by atoms with Crippen molar-refractivity contribution in [2.24, 2.45) is 46.3 Å². The van der Waals surface area contributed by atoms with E-state index in [1.807, 2.05) is 20.8 Å². The van der Waals surface area contributed by atoms with Crippen molar-refractivity contribution in [1.29, 1.82) is 0 Å². The predicted octanol–water partition coefficient (Wildman–Crippen LogP) is 5.76. The van der Waals surface area contributed by atoms with Gasteiger partial charge in [-0.05, 0) is 119 Å². The molecule has 4 fully saturated rings. The topological polar surface area (TPSA) is 57.5 Å². The third-order valence-corrected chi connectivity index (χ3v) is 10.6. The molecule has 0 radical (unpaired) electrons. The molecule has 0 amide bonds. The summed E-state index contributed by atoms with van der Waals surface area (Å²) < 4.78 is 0. The van der Waals surface area contributed by atoms with Crippen LogP contribution >= 0.6 is 0 Å². The summed E-state index contributed by atoms with van der Waals surface area (Å²) in [6.45, 7) is 13.0. The van der Waals surface area contributed by atoms with Gasteiger partial charge in [0.05, 0.1) is 11.2 Å². The van der Waals surface area contributed by atoms with Crippen LogP contribution < -0.4 is 0 Å². The summed E-state index contributed by atoms with van der Waals surface area (Å²) in [5.74, 6) is 3.64. The highest BCUT2D eigenvalue weighted by Gasteiger charge is 2.64. The van der Waals surface area contributed by atoms with Gasteiger partial charge in [-0.3, -0.25) is 4.79 Å². The van der Waals surface area contributed by atoms with E-state index in [-0.39, 0.29) is 16.7 Å². The zero-order chi connectivity index (χ0) is 22.1. The summed E-state index contributed by atoms with van der Waals surface area (Å²) in [7, 11) is 0. The van der Waals surface area contributed by atoms with Gasteiger partial charge in [-0.15, -0.1) is 0 Å². The highest BCUT2D eigenvalue weighted by Crippen LogP contribution is 2.68. The number of Topliss-reactive ketones (excluding diaryl/α,β-unsaturated/α-hetero) is 1. The summed E-state index contributed by atoms with van der Waals surface area (Å²) >= 11 is 0. The van der Waals surface area contributed by atoms with Crippen LogP contribution in [0, 0.1) is 46.3 Å². The number of carbonyl (C=O) groups excluding carboxylic acids is 1. The van der Waals surface area contributed by atoms with Crippen molar-refractivity contribution >= 4 is 5.78 Å². The maximum atomic E-state index is 13.8. The quantitative estimate of drug-likeness (QED) is 0.610. The van der Waals surface area contributed by atoms with Crippen molar-refractivity contribution in [3.8, 4) is 0 Å². The average Bonchev–Trinajstić information content (AvgIpc) is 2.96. The first-order valence-electron chi connectivity index (χ1n) is 12.7. The molecule has 4 saturated carbocycles. The lowest BCUT2D eigenvalue weighted by atomic mass is 9.43. The van der Waals surface area contributed by atoms with E-state index < -0.39 is 11.2 Å². The van der Waals surface area contributed by atoms with Gasteiger partial charge in [0.1, 0.15) is 5.78 Å². The van der Waals surface area contributed by atoms with Gasteiger partial charge >= 0.3 is 0 Å². The molecule has 4 aliphatic carbocycles. The van der Waals surface area contributed by atoms with Crippen molar-refractivity contribution in [1.82, 2.24) is 0 Å². The van der Waals surface area contributed by atoms with Crippen molar-refractivity contribution in [2.45, 2.75) is 117 Å². The van der Waals surface area contributed by atoms with E-state index in [1.54, 1.807) is 0 Å². The molecule has 30 heavy (non-hydrogen) atoms. The van der Waals surface area contributed by atoms with E-state index in [9.17, 15) is 15.0 Å². The molecule has 0 bridgehead atoms. The Labute approximate surface area is 184 Å². The van der Waals surface area contributed by atoms with Gasteiger partial charge in [-0.25, -0.2) is 0 Å². The van der Waals surface area contributed by atoms with Crippen LogP contribution in [0.3, 0.4) is 0 Å². The molecule has 9 atom stereocenters. The van der Waals surface area contributed by atoms with E-state index >= 15 is 0 Å². The lowest BCUT2D eigenvalue weighted by Crippen LogP contribution is -2.59.